The number of aliphatic carboxylic acids is 1. The minimum atomic E-state index is -0.732. The molecule has 0 aromatic heterocycles. The molecule has 3 atom stereocenters. The van der Waals surface area contributed by atoms with Gasteiger partial charge in [-0.1, -0.05) is 12.1 Å². The Morgan fingerprint density at radius 2 is 2.24 bits per heavy atom. The minimum absolute atomic E-state index is 0.0367. The van der Waals surface area contributed by atoms with Crippen molar-refractivity contribution in [3.63, 3.8) is 0 Å². The van der Waals surface area contributed by atoms with Crippen LogP contribution in [0.25, 0.3) is 0 Å². The number of nitrogens with zero attached hydrogens (tertiary/aromatic N) is 2. The Hall–Kier alpha value is -1.95. The number of benzene rings is 1. The van der Waals surface area contributed by atoms with Gasteiger partial charge >= 0.3 is 5.97 Å². The highest BCUT2D eigenvalue weighted by Crippen LogP contribution is 2.32. The SMILES string of the molecule is CC1CC(C(=O)O)CCN1C(C)c1cccc([N+](=O)[O-])c1. The molecule has 21 heavy (non-hydrogen) atoms. The monoisotopic (exact) mass is 292 g/mol. The lowest BCUT2D eigenvalue weighted by Crippen LogP contribution is -2.43. The van der Waals surface area contributed by atoms with E-state index in [9.17, 15) is 14.9 Å². The molecule has 1 aliphatic heterocycles. The van der Waals surface area contributed by atoms with Crippen molar-refractivity contribution in [3.8, 4) is 0 Å². The van der Waals surface area contributed by atoms with Crippen LogP contribution in [-0.2, 0) is 4.79 Å². The lowest BCUT2D eigenvalue weighted by Gasteiger charge is -2.40. The third-order valence-electron chi connectivity index (χ3n) is 4.34. The van der Waals surface area contributed by atoms with Crippen LogP contribution in [0.15, 0.2) is 24.3 Å². The Bertz CT molecular complexity index is 546. The van der Waals surface area contributed by atoms with E-state index in [4.69, 9.17) is 5.11 Å². The van der Waals surface area contributed by atoms with Crippen LogP contribution < -0.4 is 0 Å². The maximum Gasteiger partial charge on any atom is 0.306 e. The van der Waals surface area contributed by atoms with Crippen molar-refractivity contribution >= 4 is 11.7 Å². The van der Waals surface area contributed by atoms with Crippen molar-refractivity contribution in [2.24, 2.45) is 5.92 Å². The predicted molar refractivity (Wildman–Crippen MR) is 78.0 cm³/mol. The minimum Gasteiger partial charge on any atom is -0.481 e. The fourth-order valence-corrected chi connectivity index (χ4v) is 3.08. The Morgan fingerprint density at radius 3 is 2.81 bits per heavy atom. The number of nitro benzene ring substituents is 1. The predicted octanol–water partition coefficient (Wildman–Crippen LogP) is 2.84. The molecule has 6 heteroatoms. The highest BCUT2D eigenvalue weighted by atomic mass is 16.6. The van der Waals surface area contributed by atoms with Crippen LogP contribution in [0.3, 0.4) is 0 Å². The Balaban J connectivity index is 2.13. The summed E-state index contributed by atoms with van der Waals surface area (Å²) in [5.41, 5.74) is 0.984. The Morgan fingerprint density at radius 1 is 1.52 bits per heavy atom. The largest absolute Gasteiger partial charge is 0.481 e. The molecule has 1 fully saturated rings. The second-order valence-electron chi connectivity index (χ2n) is 5.67. The zero-order valence-corrected chi connectivity index (χ0v) is 12.2. The van der Waals surface area contributed by atoms with Crippen LogP contribution in [0, 0.1) is 16.0 Å². The van der Waals surface area contributed by atoms with Gasteiger partial charge in [0.05, 0.1) is 10.8 Å². The standard InChI is InChI=1S/C15H20N2O4/c1-10-8-13(15(18)19)6-7-16(10)11(2)12-4-3-5-14(9-12)17(20)21/h3-5,9-11,13H,6-8H2,1-2H3,(H,18,19). The summed E-state index contributed by atoms with van der Waals surface area (Å²) in [5.74, 6) is -1.02. The molecule has 3 unspecified atom stereocenters. The zero-order chi connectivity index (χ0) is 15.6. The number of carboxylic acid groups (broad SMARTS) is 1. The molecule has 1 saturated heterocycles. The number of piperidine rings is 1. The molecular weight excluding hydrogens is 272 g/mol. The summed E-state index contributed by atoms with van der Waals surface area (Å²) < 4.78 is 0. The maximum absolute atomic E-state index is 11.1. The van der Waals surface area contributed by atoms with E-state index >= 15 is 0 Å². The number of hydrogen-bond donors (Lipinski definition) is 1. The van der Waals surface area contributed by atoms with E-state index in [-0.39, 0.29) is 23.7 Å². The Labute approximate surface area is 123 Å². The third-order valence-corrected chi connectivity index (χ3v) is 4.34. The van der Waals surface area contributed by atoms with E-state index in [0.29, 0.717) is 19.4 Å². The van der Waals surface area contributed by atoms with E-state index < -0.39 is 10.9 Å². The van der Waals surface area contributed by atoms with Crippen molar-refractivity contribution in [2.75, 3.05) is 6.54 Å². The van der Waals surface area contributed by atoms with Gasteiger partial charge in [0.15, 0.2) is 0 Å². The molecule has 2 rings (SSSR count). The van der Waals surface area contributed by atoms with Gasteiger partial charge in [-0.25, -0.2) is 0 Å². The summed E-state index contributed by atoms with van der Waals surface area (Å²) in [5, 5.41) is 20.0. The molecule has 1 N–H and O–H groups in total. The Kier molecular flexibility index (Phi) is 4.57. The molecule has 0 spiro atoms. The van der Waals surface area contributed by atoms with Gasteiger partial charge in [-0.15, -0.1) is 0 Å². The molecule has 0 aliphatic carbocycles. The molecule has 1 aromatic rings. The first-order valence-corrected chi connectivity index (χ1v) is 7.13. The van der Waals surface area contributed by atoms with E-state index in [1.54, 1.807) is 12.1 Å². The van der Waals surface area contributed by atoms with Crippen LogP contribution >= 0.6 is 0 Å². The molecule has 0 radical (unpaired) electrons. The van der Waals surface area contributed by atoms with Gasteiger partial charge in [0.25, 0.3) is 5.69 Å². The van der Waals surface area contributed by atoms with Gasteiger partial charge in [-0.05, 0) is 38.8 Å². The topological polar surface area (TPSA) is 83.7 Å². The molecular formula is C15H20N2O4. The average molecular weight is 292 g/mol. The summed E-state index contributed by atoms with van der Waals surface area (Å²) in [6.45, 7) is 4.72. The summed E-state index contributed by atoms with van der Waals surface area (Å²) >= 11 is 0. The van der Waals surface area contributed by atoms with Crippen LogP contribution in [0.1, 0.15) is 38.3 Å². The number of non-ortho nitro benzene ring substituents is 1. The quantitative estimate of drug-likeness (QED) is 0.681. The number of likely N-dealkylation sites (tertiary alicyclic amines) is 1. The summed E-state index contributed by atoms with van der Waals surface area (Å²) in [7, 11) is 0. The molecule has 1 aromatic carbocycles. The lowest BCUT2D eigenvalue weighted by atomic mass is 9.89. The molecule has 0 bridgehead atoms. The first kappa shape index (κ1) is 15.4. The highest BCUT2D eigenvalue weighted by Gasteiger charge is 2.32. The fourth-order valence-electron chi connectivity index (χ4n) is 3.08. The maximum atomic E-state index is 11.1. The summed E-state index contributed by atoms with van der Waals surface area (Å²) in [6, 6.07) is 6.84. The normalized spacial score (nSPS) is 24.5. The van der Waals surface area contributed by atoms with Crippen molar-refractivity contribution in [1.82, 2.24) is 4.90 Å². The highest BCUT2D eigenvalue weighted by molar-refractivity contribution is 5.70. The van der Waals surface area contributed by atoms with Gasteiger partial charge in [-0.3, -0.25) is 19.8 Å². The smallest absolute Gasteiger partial charge is 0.306 e. The first-order valence-electron chi connectivity index (χ1n) is 7.13. The fraction of sp³-hybridized carbons (Fsp3) is 0.533. The molecule has 6 nitrogen and oxygen atoms in total. The summed E-state index contributed by atoms with van der Waals surface area (Å²) in [6.07, 6.45) is 1.24. The van der Waals surface area contributed by atoms with Crippen molar-refractivity contribution in [1.29, 1.82) is 0 Å². The van der Waals surface area contributed by atoms with Crippen LogP contribution in [0.5, 0.6) is 0 Å². The first-order chi connectivity index (χ1) is 9.90. The second kappa shape index (κ2) is 6.22. The van der Waals surface area contributed by atoms with Crippen molar-refractivity contribution < 1.29 is 14.8 Å². The van der Waals surface area contributed by atoms with Crippen molar-refractivity contribution in [2.45, 2.75) is 38.8 Å². The van der Waals surface area contributed by atoms with E-state index in [1.807, 2.05) is 19.9 Å². The molecule has 0 saturated carbocycles. The van der Waals surface area contributed by atoms with Gasteiger partial charge in [0, 0.05) is 24.2 Å². The van der Waals surface area contributed by atoms with E-state index in [1.165, 1.54) is 6.07 Å². The number of carbonyl (C=O) groups is 1. The number of carboxylic acids is 1. The lowest BCUT2D eigenvalue weighted by molar-refractivity contribution is -0.385. The molecule has 1 heterocycles. The zero-order valence-electron chi connectivity index (χ0n) is 12.2. The van der Waals surface area contributed by atoms with Gasteiger partial charge in [0.2, 0.25) is 0 Å². The third kappa shape index (κ3) is 3.39. The van der Waals surface area contributed by atoms with Gasteiger partial charge < -0.3 is 5.11 Å². The number of hydrogen-bond acceptors (Lipinski definition) is 4. The molecule has 1 aliphatic rings. The summed E-state index contributed by atoms with van der Waals surface area (Å²) in [4.78, 5) is 23.8. The van der Waals surface area contributed by atoms with Crippen LogP contribution in [-0.4, -0.2) is 33.5 Å². The number of nitro groups is 1. The molecule has 0 amide bonds. The van der Waals surface area contributed by atoms with Gasteiger partial charge in [0.1, 0.15) is 0 Å². The van der Waals surface area contributed by atoms with E-state index in [2.05, 4.69) is 4.90 Å². The van der Waals surface area contributed by atoms with Crippen molar-refractivity contribution in [3.05, 3.63) is 39.9 Å². The van der Waals surface area contributed by atoms with Gasteiger partial charge in [-0.2, -0.15) is 0 Å². The molecule has 114 valence electrons. The van der Waals surface area contributed by atoms with E-state index in [0.717, 1.165) is 5.56 Å². The number of rotatable bonds is 4. The average Bonchev–Trinajstić information content (AvgIpc) is 2.46. The van der Waals surface area contributed by atoms with Crippen LogP contribution in [0.4, 0.5) is 5.69 Å². The second-order valence-corrected chi connectivity index (χ2v) is 5.67. The van der Waals surface area contributed by atoms with Crippen LogP contribution in [0.2, 0.25) is 0 Å².